The van der Waals surface area contributed by atoms with E-state index in [1.807, 2.05) is 5.32 Å². The van der Waals surface area contributed by atoms with Gasteiger partial charge in [0.25, 0.3) is 0 Å². The van der Waals surface area contributed by atoms with Gasteiger partial charge in [0.2, 0.25) is 5.91 Å². The van der Waals surface area contributed by atoms with Crippen molar-refractivity contribution in [1.29, 1.82) is 0 Å². The third-order valence-electron chi connectivity index (χ3n) is 4.04. The molecule has 0 spiro atoms. The first kappa shape index (κ1) is 16.4. The molecule has 2 aliphatic rings. The van der Waals surface area contributed by atoms with E-state index in [-0.39, 0.29) is 0 Å². The van der Waals surface area contributed by atoms with Crippen LogP contribution in [0, 0.1) is 17.7 Å². The molecule has 0 radical (unpaired) electrons. The summed E-state index contributed by atoms with van der Waals surface area (Å²) < 4.78 is 57.1. The van der Waals surface area contributed by atoms with Gasteiger partial charge in [0.15, 0.2) is 0 Å². The summed E-state index contributed by atoms with van der Waals surface area (Å²) in [5.41, 5.74) is -1.79. The van der Waals surface area contributed by atoms with Crippen molar-refractivity contribution in [2.45, 2.75) is 18.4 Å². The summed E-state index contributed by atoms with van der Waals surface area (Å²) in [5.74, 6) is -5.54. The van der Waals surface area contributed by atoms with Gasteiger partial charge < -0.3 is 15.2 Å². The topological polar surface area (TPSA) is 75.6 Å². The van der Waals surface area contributed by atoms with Crippen LogP contribution in [-0.2, 0) is 20.5 Å². The Morgan fingerprint density at radius 2 is 1.75 bits per heavy atom. The van der Waals surface area contributed by atoms with E-state index in [4.69, 9.17) is 4.74 Å². The van der Waals surface area contributed by atoms with E-state index in [9.17, 15) is 32.3 Å². The number of amides is 1. The number of hydrogen-bond donors (Lipinski definition) is 2. The zero-order chi connectivity index (χ0) is 17.6. The number of fused-ring (bicyclic) bond motifs is 2. The van der Waals surface area contributed by atoms with E-state index in [0.29, 0.717) is 18.2 Å². The highest BCUT2D eigenvalue weighted by Crippen LogP contribution is 2.40. The highest BCUT2D eigenvalue weighted by Gasteiger charge is 2.53. The molecule has 0 unspecified atom stereocenters. The van der Waals surface area contributed by atoms with Crippen molar-refractivity contribution in [1.82, 2.24) is 0 Å². The van der Waals surface area contributed by atoms with Crippen LogP contribution in [0.1, 0.15) is 5.56 Å². The van der Waals surface area contributed by atoms with E-state index in [1.54, 1.807) is 0 Å². The minimum absolute atomic E-state index is 0.465. The van der Waals surface area contributed by atoms with Crippen LogP contribution in [0.3, 0.4) is 0 Å². The van der Waals surface area contributed by atoms with Crippen LogP contribution in [0.4, 0.5) is 23.2 Å². The lowest BCUT2D eigenvalue weighted by Gasteiger charge is -2.21. The van der Waals surface area contributed by atoms with Crippen LogP contribution in [0.2, 0.25) is 0 Å². The van der Waals surface area contributed by atoms with Gasteiger partial charge in [0.05, 0.1) is 29.4 Å². The Morgan fingerprint density at radius 3 is 2.33 bits per heavy atom. The Bertz CT molecular complexity index is 731. The maximum absolute atomic E-state index is 13.7. The average molecular weight is 345 g/mol. The molecule has 4 atom stereocenters. The number of halogens is 4. The number of hydrogen-bond acceptors (Lipinski definition) is 3. The van der Waals surface area contributed by atoms with E-state index in [0.717, 1.165) is 0 Å². The van der Waals surface area contributed by atoms with E-state index in [1.165, 1.54) is 12.2 Å². The van der Waals surface area contributed by atoms with Crippen LogP contribution in [0.5, 0.6) is 0 Å². The molecule has 1 saturated heterocycles. The highest BCUT2D eigenvalue weighted by molar-refractivity contribution is 5.96. The number of alkyl halides is 3. The van der Waals surface area contributed by atoms with Gasteiger partial charge in [-0.05, 0) is 18.2 Å². The van der Waals surface area contributed by atoms with Crippen molar-refractivity contribution in [2.24, 2.45) is 11.8 Å². The molecule has 9 heteroatoms. The molecule has 24 heavy (non-hydrogen) atoms. The average Bonchev–Trinajstić information content (AvgIpc) is 3.08. The Balaban J connectivity index is 1.85. The Hall–Kier alpha value is -2.42. The lowest BCUT2D eigenvalue weighted by molar-refractivity contribution is -0.145. The van der Waals surface area contributed by atoms with Crippen molar-refractivity contribution in [3.05, 3.63) is 41.7 Å². The predicted molar refractivity (Wildman–Crippen MR) is 72.4 cm³/mol. The number of ether oxygens (including phenoxy) is 1. The van der Waals surface area contributed by atoms with Gasteiger partial charge in [-0.1, -0.05) is 12.2 Å². The first-order chi connectivity index (χ1) is 11.2. The SMILES string of the molecule is O=C(O)[C@@H]1[C@H](C(=O)Nc2cc(C(F)(F)F)ccc2F)[C@H]2C=C[C@H]1O2. The number of rotatable bonds is 3. The molecule has 128 valence electrons. The molecule has 1 aromatic rings. The fourth-order valence-electron chi connectivity index (χ4n) is 2.93. The molecule has 0 aromatic heterocycles. The zero-order valence-electron chi connectivity index (χ0n) is 11.9. The molecule has 1 amide bonds. The Labute approximate surface area is 132 Å². The number of carbonyl (C=O) groups excluding carboxylic acids is 1. The molecule has 1 fully saturated rings. The zero-order valence-corrected chi connectivity index (χ0v) is 11.9. The fraction of sp³-hybridized carbons (Fsp3) is 0.333. The van der Waals surface area contributed by atoms with Crippen LogP contribution < -0.4 is 5.32 Å². The highest BCUT2D eigenvalue weighted by atomic mass is 19.4. The second-order valence-corrected chi connectivity index (χ2v) is 5.52. The number of nitrogens with one attached hydrogen (secondary N) is 1. The second-order valence-electron chi connectivity index (χ2n) is 5.52. The largest absolute Gasteiger partial charge is 0.481 e. The predicted octanol–water partition coefficient (Wildman–Crippen LogP) is 2.44. The molecule has 1 aromatic carbocycles. The van der Waals surface area contributed by atoms with E-state index < -0.39 is 59.2 Å². The third-order valence-corrected chi connectivity index (χ3v) is 4.04. The smallest absolute Gasteiger partial charge is 0.416 e. The Kier molecular flexibility index (Phi) is 3.83. The molecule has 3 rings (SSSR count). The fourth-order valence-corrected chi connectivity index (χ4v) is 2.93. The summed E-state index contributed by atoms with van der Waals surface area (Å²) >= 11 is 0. The van der Waals surface area contributed by atoms with E-state index in [2.05, 4.69) is 0 Å². The summed E-state index contributed by atoms with van der Waals surface area (Å²) in [7, 11) is 0. The summed E-state index contributed by atoms with van der Waals surface area (Å²) in [6, 6.07) is 1.60. The van der Waals surface area contributed by atoms with Gasteiger partial charge in [-0.2, -0.15) is 13.2 Å². The number of anilines is 1. The molecule has 5 nitrogen and oxygen atoms in total. The van der Waals surface area contributed by atoms with Crippen LogP contribution >= 0.6 is 0 Å². The Morgan fingerprint density at radius 1 is 1.12 bits per heavy atom. The van der Waals surface area contributed by atoms with Crippen molar-refractivity contribution in [2.75, 3.05) is 5.32 Å². The monoisotopic (exact) mass is 345 g/mol. The summed E-state index contributed by atoms with van der Waals surface area (Å²) in [5, 5.41) is 11.3. The third kappa shape index (κ3) is 2.75. The molecule has 0 saturated carbocycles. The van der Waals surface area contributed by atoms with Crippen molar-refractivity contribution in [3.8, 4) is 0 Å². The van der Waals surface area contributed by atoms with Crippen LogP contribution in [0.15, 0.2) is 30.4 Å². The van der Waals surface area contributed by atoms with Gasteiger partial charge in [-0.3, -0.25) is 9.59 Å². The van der Waals surface area contributed by atoms with Crippen molar-refractivity contribution < 1.29 is 37.0 Å². The molecule has 2 heterocycles. The quantitative estimate of drug-likeness (QED) is 0.652. The van der Waals surface area contributed by atoms with Gasteiger partial charge >= 0.3 is 12.1 Å². The van der Waals surface area contributed by atoms with Gasteiger partial charge in [0.1, 0.15) is 11.7 Å². The molecule has 2 bridgehead atoms. The van der Waals surface area contributed by atoms with Crippen molar-refractivity contribution >= 4 is 17.6 Å². The van der Waals surface area contributed by atoms with E-state index >= 15 is 0 Å². The van der Waals surface area contributed by atoms with Gasteiger partial charge in [-0.25, -0.2) is 4.39 Å². The maximum atomic E-state index is 13.7. The molecule has 2 N–H and O–H groups in total. The number of carboxylic acid groups (broad SMARTS) is 1. The summed E-state index contributed by atoms with van der Waals surface area (Å²) in [6.45, 7) is 0. The molecule has 0 aliphatic carbocycles. The van der Waals surface area contributed by atoms with Crippen LogP contribution in [0.25, 0.3) is 0 Å². The number of carboxylic acids is 1. The number of benzene rings is 1. The van der Waals surface area contributed by atoms with Gasteiger partial charge in [-0.15, -0.1) is 0 Å². The number of aliphatic carboxylic acids is 1. The van der Waals surface area contributed by atoms with Crippen molar-refractivity contribution in [3.63, 3.8) is 0 Å². The molecular formula is C15H11F4NO4. The molecule has 2 aliphatic heterocycles. The summed E-state index contributed by atoms with van der Waals surface area (Å²) in [6.07, 6.45) is -3.26. The molecular weight excluding hydrogens is 334 g/mol. The minimum Gasteiger partial charge on any atom is -0.481 e. The first-order valence-corrected chi connectivity index (χ1v) is 6.92. The normalized spacial score (nSPS) is 28.2. The minimum atomic E-state index is -4.70. The lowest BCUT2D eigenvalue weighted by atomic mass is 9.82. The summed E-state index contributed by atoms with van der Waals surface area (Å²) in [4.78, 5) is 23.6. The first-order valence-electron chi connectivity index (χ1n) is 6.92. The second kappa shape index (κ2) is 5.59. The van der Waals surface area contributed by atoms with Gasteiger partial charge in [0, 0.05) is 0 Å². The number of carbonyl (C=O) groups is 2. The maximum Gasteiger partial charge on any atom is 0.416 e. The van der Waals surface area contributed by atoms with Crippen LogP contribution in [-0.4, -0.2) is 29.2 Å². The lowest BCUT2D eigenvalue weighted by Crippen LogP contribution is -2.39. The standard InChI is InChI=1S/C15H11F4NO4/c16-7-2-1-6(15(17,18)19)5-8(7)20-13(21)11-9-3-4-10(24-9)12(11)14(22)23/h1-5,9-12H,(H,20,21)(H,22,23)/t9-,10-,11-,12+/m1/s1.